The fraction of sp³-hybridized carbons (Fsp3) is 0.769. The van der Waals surface area contributed by atoms with Gasteiger partial charge in [-0.15, -0.1) is 16.9 Å². The van der Waals surface area contributed by atoms with E-state index < -0.39 is 0 Å². The summed E-state index contributed by atoms with van der Waals surface area (Å²) in [4.78, 5) is 14.3. The molecule has 1 atom stereocenters. The standard InChI is InChI=1S/C13H22N4OS/c1-13(2,3)12(18)17-6-4-5-10(8-17)9-19-11-7-14-16-15-11/h7,10H,4-6,8-9H2,1-3H3,(H,14,15,16). The number of carbonyl (C=O) groups excluding carboxylic acids is 1. The van der Waals surface area contributed by atoms with Crippen LogP contribution in [0.2, 0.25) is 0 Å². The smallest absolute Gasteiger partial charge is 0.227 e. The van der Waals surface area contributed by atoms with E-state index in [0.29, 0.717) is 5.92 Å². The van der Waals surface area contributed by atoms with Gasteiger partial charge in [-0.2, -0.15) is 10.3 Å². The molecule has 2 rings (SSSR count). The molecule has 0 spiro atoms. The Kier molecular flexibility index (Phi) is 4.50. The summed E-state index contributed by atoms with van der Waals surface area (Å²) in [6.07, 6.45) is 4.04. The highest BCUT2D eigenvalue weighted by Gasteiger charge is 2.30. The first-order valence-corrected chi connectivity index (χ1v) is 7.73. The number of hydrogen-bond acceptors (Lipinski definition) is 4. The van der Waals surface area contributed by atoms with Gasteiger partial charge in [0, 0.05) is 24.3 Å². The minimum atomic E-state index is -0.277. The molecule has 6 heteroatoms. The molecule has 0 radical (unpaired) electrons. The Morgan fingerprint density at radius 3 is 3.00 bits per heavy atom. The predicted molar refractivity (Wildman–Crippen MR) is 75.9 cm³/mol. The Hall–Kier alpha value is -1.04. The molecule has 0 bridgehead atoms. The molecule has 1 fully saturated rings. The molecular weight excluding hydrogens is 260 g/mol. The highest BCUT2D eigenvalue weighted by Crippen LogP contribution is 2.27. The minimum absolute atomic E-state index is 0.267. The van der Waals surface area contributed by atoms with E-state index in [-0.39, 0.29) is 11.3 Å². The first kappa shape index (κ1) is 14.4. The van der Waals surface area contributed by atoms with Crippen LogP contribution in [0.5, 0.6) is 0 Å². The summed E-state index contributed by atoms with van der Waals surface area (Å²) < 4.78 is 0. The van der Waals surface area contributed by atoms with E-state index >= 15 is 0 Å². The van der Waals surface area contributed by atoms with Crippen molar-refractivity contribution in [3.05, 3.63) is 6.20 Å². The summed E-state index contributed by atoms with van der Waals surface area (Å²) in [6.45, 7) is 7.75. The van der Waals surface area contributed by atoms with Crippen molar-refractivity contribution in [2.75, 3.05) is 18.8 Å². The summed E-state index contributed by atoms with van der Waals surface area (Å²) >= 11 is 1.71. The monoisotopic (exact) mass is 282 g/mol. The van der Waals surface area contributed by atoms with Gasteiger partial charge in [0.1, 0.15) is 5.03 Å². The number of hydrogen-bond donors (Lipinski definition) is 1. The van der Waals surface area contributed by atoms with Crippen molar-refractivity contribution in [2.45, 2.75) is 38.6 Å². The number of carbonyl (C=O) groups is 1. The number of nitrogens with one attached hydrogen (secondary N) is 1. The van der Waals surface area contributed by atoms with Crippen LogP contribution in [0.1, 0.15) is 33.6 Å². The van der Waals surface area contributed by atoms with Crippen molar-refractivity contribution < 1.29 is 4.79 Å². The molecule has 106 valence electrons. The lowest BCUT2D eigenvalue weighted by Gasteiger charge is -2.36. The molecule has 1 amide bonds. The van der Waals surface area contributed by atoms with E-state index in [2.05, 4.69) is 15.4 Å². The highest BCUT2D eigenvalue weighted by atomic mass is 32.2. The largest absolute Gasteiger partial charge is 0.342 e. The van der Waals surface area contributed by atoms with Crippen molar-refractivity contribution in [2.24, 2.45) is 11.3 Å². The molecule has 2 heterocycles. The maximum atomic E-state index is 12.3. The van der Waals surface area contributed by atoms with E-state index in [1.807, 2.05) is 25.7 Å². The van der Waals surface area contributed by atoms with Gasteiger partial charge in [-0.1, -0.05) is 20.8 Å². The third kappa shape index (κ3) is 3.96. The number of H-pyrrole nitrogens is 1. The molecule has 1 unspecified atom stereocenters. The van der Waals surface area contributed by atoms with Crippen molar-refractivity contribution in [3.63, 3.8) is 0 Å². The maximum absolute atomic E-state index is 12.3. The Labute approximate surface area is 118 Å². The van der Waals surface area contributed by atoms with Crippen molar-refractivity contribution in [1.82, 2.24) is 20.3 Å². The van der Waals surface area contributed by atoms with Gasteiger partial charge in [-0.05, 0) is 18.8 Å². The number of piperidine rings is 1. The van der Waals surface area contributed by atoms with Crippen LogP contribution < -0.4 is 0 Å². The zero-order valence-corrected chi connectivity index (χ0v) is 12.7. The van der Waals surface area contributed by atoms with Crippen LogP contribution in [0.3, 0.4) is 0 Å². The molecule has 1 N–H and O–H groups in total. The number of thioether (sulfide) groups is 1. The van der Waals surface area contributed by atoms with E-state index in [0.717, 1.165) is 30.3 Å². The van der Waals surface area contributed by atoms with Gasteiger partial charge in [0.25, 0.3) is 0 Å². The van der Waals surface area contributed by atoms with Gasteiger partial charge in [0.2, 0.25) is 5.91 Å². The Balaban J connectivity index is 1.85. The second-order valence-corrected chi connectivity index (χ2v) is 7.17. The number of nitrogens with zero attached hydrogens (tertiary/aromatic N) is 3. The maximum Gasteiger partial charge on any atom is 0.227 e. The molecule has 1 aliphatic rings. The third-order valence-corrected chi connectivity index (χ3v) is 4.44. The second-order valence-electron chi connectivity index (χ2n) is 6.13. The van der Waals surface area contributed by atoms with Gasteiger partial charge in [-0.25, -0.2) is 0 Å². The zero-order chi connectivity index (χ0) is 13.9. The summed E-state index contributed by atoms with van der Waals surface area (Å²) in [5, 5.41) is 11.4. The van der Waals surface area contributed by atoms with Crippen LogP contribution >= 0.6 is 11.8 Å². The van der Waals surface area contributed by atoms with Crippen LogP contribution in [0.15, 0.2) is 11.2 Å². The molecule has 1 aromatic rings. The summed E-state index contributed by atoms with van der Waals surface area (Å²) in [7, 11) is 0. The van der Waals surface area contributed by atoms with Crippen molar-refractivity contribution >= 4 is 17.7 Å². The molecule has 0 saturated carbocycles. The lowest BCUT2D eigenvalue weighted by atomic mass is 9.92. The Bertz CT molecular complexity index is 413. The average Bonchev–Trinajstić information content (AvgIpc) is 2.88. The first-order chi connectivity index (χ1) is 8.97. The lowest BCUT2D eigenvalue weighted by molar-refractivity contribution is -0.141. The quantitative estimate of drug-likeness (QED) is 0.863. The Morgan fingerprint density at radius 2 is 2.37 bits per heavy atom. The predicted octanol–water partition coefficient (Wildman–Crippen LogP) is 2.18. The molecule has 0 aromatic carbocycles. The van der Waals surface area contributed by atoms with E-state index in [1.54, 1.807) is 18.0 Å². The number of aromatic amines is 1. The first-order valence-electron chi connectivity index (χ1n) is 6.75. The van der Waals surface area contributed by atoms with E-state index in [4.69, 9.17) is 0 Å². The van der Waals surface area contributed by atoms with Crippen LogP contribution in [0, 0.1) is 11.3 Å². The highest BCUT2D eigenvalue weighted by molar-refractivity contribution is 7.99. The Morgan fingerprint density at radius 1 is 1.58 bits per heavy atom. The van der Waals surface area contributed by atoms with E-state index in [9.17, 15) is 4.79 Å². The fourth-order valence-electron chi connectivity index (χ4n) is 2.32. The number of rotatable bonds is 3. The second kappa shape index (κ2) is 5.94. The van der Waals surface area contributed by atoms with Crippen LogP contribution in [-0.4, -0.2) is 45.1 Å². The molecular formula is C13H22N4OS. The van der Waals surface area contributed by atoms with Gasteiger partial charge in [0.05, 0.1) is 6.20 Å². The van der Waals surface area contributed by atoms with Crippen LogP contribution in [-0.2, 0) is 4.79 Å². The normalized spacial score (nSPS) is 20.6. The number of likely N-dealkylation sites (tertiary alicyclic amines) is 1. The SMILES string of the molecule is CC(C)(C)C(=O)N1CCCC(CSc2cn[nH]n2)C1. The lowest BCUT2D eigenvalue weighted by Crippen LogP contribution is -2.45. The third-order valence-electron chi connectivity index (χ3n) is 3.31. The van der Waals surface area contributed by atoms with Crippen LogP contribution in [0.25, 0.3) is 0 Å². The van der Waals surface area contributed by atoms with Crippen molar-refractivity contribution in [1.29, 1.82) is 0 Å². The average molecular weight is 282 g/mol. The molecule has 5 nitrogen and oxygen atoms in total. The molecule has 1 aliphatic heterocycles. The summed E-state index contributed by atoms with van der Waals surface area (Å²) in [5.41, 5.74) is -0.277. The summed E-state index contributed by atoms with van der Waals surface area (Å²) in [5.74, 6) is 1.82. The summed E-state index contributed by atoms with van der Waals surface area (Å²) in [6, 6.07) is 0. The van der Waals surface area contributed by atoms with E-state index in [1.165, 1.54) is 6.42 Å². The van der Waals surface area contributed by atoms with Crippen molar-refractivity contribution in [3.8, 4) is 0 Å². The van der Waals surface area contributed by atoms with Gasteiger partial charge in [-0.3, -0.25) is 4.79 Å². The number of amides is 1. The molecule has 0 aliphatic carbocycles. The zero-order valence-electron chi connectivity index (χ0n) is 11.8. The molecule has 1 saturated heterocycles. The van der Waals surface area contributed by atoms with Gasteiger partial charge in [0.15, 0.2) is 0 Å². The topological polar surface area (TPSA) is 61.9 Å². The van der Waals surface area contributed by atoms with Gasteiger partial charge >= 0.3 is 0 Å². The number of aromatic nitrogens is 3. The minimum Gasteiger partial charge on any atom is -0.342 e. The fourth-order valence-corrected chi connectivity index (χ4v) is 3.23. The van der Waals surface area contributed by atoms with Crippen LogP contribution in [0.4, 0.5) is 0 Å². The molecule has 19 heavy (non-hydrogen) atoms. The molecule has 1 aromatic heterocycles. The van der Waals surface area contributed by atoms with Gasteiger partial charge < -0.3 is 4.90 Å².